The van der Waals surface area contributed by atoms with Crippen molar-refractivity contribution >= 4 is 29.2 Å². The number of nitrogens with zero attached hydrogens (tertiary/aromatic N) is 2. The number of fused-ring (bicyclic) bond motifs is 1. The van der Waals surface area contributed by atoms with Crippen molar-refractivity contribution in [1.82, 2.24) is 9.97 Å². The Morgan fingerprint density at radius 3 is 2.71 bits per heavy atom. The zero-order chi connectivity index (χ0) is 14.7. The number of carboxylic acid groups (broad SMARTS) is 1. The van der Waals surface area contributed by atoms with E-state index in [0.717, 1.165) is 11.1 Å². The molecular weight excluding hydrogens is 264 g/mol. The SMILES string of the molecule is O=C(O)c1ccccc1C=Cc1ccc2cccnc2n1. The molecule has 0 aliphatic carbocycles. The minimum atomic E-state index is -0.941. The van der Waals surface area contributed by atoms with E-state index < -0.39 is 5.97 Å². The van der Waals surface area contributed by atoms with Gasteiger partial charge in [-0.2, -0.15) is 0 Å². The average Bonchev–Trinajstić information content (AvgIpc) is 2.53. The van der Waals surface area contributed by atoms with Crippen LogP contribution in [0.15, 0.2) is 54.7 Å². The monoisotopic (exact) mass is 276 g/mol. The van der Waals surface area contributed by atoms with Gasteiger partial charge >= 0.3 is 5.97 Å². The van der Waals surface area contributed by atoms with E-state index >= 15 is 0 Å². The Hall–Kier alpha value is -3.01. The molecule has 3 rings (SSSR count). The summed E-state index contributed by atoms with van der Waals surface area (Å²) in [5.41, 5.74) is 2.33. The fraction of sp³-hybridized carbons (Fsp3) is 0. The highest BCUT2D eigenvalue weighted by atomic mass is 16.4. The minimum Gasteiger partial charge on any atom is -0.478 e. The predicted molar refractivity (Wildman–Crippen MR) is 81.9 cm³/mol. The smallest absolute Gasteiger partial charge is 0.336 e. The second-order valence-corrected chi connectivity index (χ2v) is 4.51. The minimum absolute atomic E-state index is 0.271. The maximum absolute atomic E-state index is 11.1. The molecule has 102 valence electrons. The Bertz CT molecular complexity index is 841. The number of aromatic nitrogens is 2. The van der Waals surface area contributed by atoms with Crippen LogP contribution in [0.2, 0.25) is 0 Å². The van der Waals surface area contributed by atoms with E-state index in [1.165, 1.54) is 0 Å². The van der Waals surface area contributed by atoms with Gasteiger partial charge in [0.25, 0.3) is 0 Å². The lowest BCUT2D eigenvalue weighted by Gasteiger charge is -2.00. The van der Waals surface area contributed by atoms with Crippen LogP contribution in [0.1, 0.15) is 21.6 Å². The molecule has 4 heteroatoms. The molecule has 0 saturated carbocycles. The van der Waals surface area contributed by atoms with Crippen LogP contribution in [-0.2, 0) is 0 Å². The lowest BCUT2D eigenvalue weighted by molar-refractivity contribution is 0.0696. The van der Waals surface area contributed by atoms with Gasteiger partial charge < -0.3 is 5.11 Å². The molecule has 1 aromatic carbocycles. The van der Waals surface area contributed by atoms with Gasteiger partial charge in [0.2, 0.25) is 0 Å². The number of hydrogen-bond donors (Lipinski definition) is 1. The van der Waals surface area contributed by atoms with Gasteiger partial charge in [-0.25, -0.2) is 14.8 Å². The van der Waals surface area contributed by atoms with E-state index in [4.69, 9.17) is 5.11 Å². The van der Waals surface area contributed by atoms with E-state index in [9.17, 15) is 4.79 Å². The maximum atomic E-state index is 11.1. The number of carbonyl (C=O) groups is 1. The molecule has 0 aliphatic rings. The van der Waals surface area contributed by atoms with Crippen LogP contribution >= 0.6 is 0 Å². The van der Waals surface area contributed by atoms with Gasteiger partial charge in [-0.05, 0) is 42.0 Å². The van der Waals surface area contributed by atoms with Gasteiger partial charge in [0.15, 0.2) is 5.65 Å². The Morgan fingerprint density at radius 1 is 1.00 bits per heavy atom. The van der Waals surface area contributed by atoms with Crippen molar-refractivity contribution in [3.63, 3.8) is 0 Å². The fourth-order valence-corrected chi connectivity index (χ4v) is 2.07. The normalized spacial score (nSPS) is 11.0. The molecule has 0 fully saturated rings. The molecule has 0 aliphatic heterocycles. The van der Waals surface area contributed by atoms with Gasteiger partial charge in [-0.1, -0.05) is 24.3 Å². The van der Waals surface area contributed by atoms with Crippen molar-refractivity contribution in [2.75, 3.05) is 0 Å². The molecule has 0 spiro atoms. The third kappa shape index (κ3) is 2.79. The number of benzene rings is 1. The highest BCUT2D eigenvalue weighted by Gasteiger charge is 2.06. The van der Waals surface area contributed by atoms with E-state index in [0.29, 0.717) is 11.2 Å². The van der Waals surface area contributed by atoms with Gasteiger partial charge in [0.1, 0.15) is 0 Å². The molecule has 1 N–H and O–H groups in total. The van der Waals surface area contributed by atoms with Crippen molar-refractivity contribution in [2.24, 2.45) is 0 Å². The summed E-state index contributed by atoms with van der Waals surface area (Å²) in [4.78, 5) is 19.8. The van der Waals surface area contributed by atoms with Crippen LogP contribution in [0.5, 0.6) is 0 Å². The van der Waals surface area contributed by atoms with E-state index in [1.54, 1.807) is 36.5 Å². The molecular formula is C17H12N2O2. The first-order valence-electron chi connectivity index (χ1n) is 6.46. The summed E-state index contributed by atoms with van der Waals surface area (Å²) in [6, 6.07) is 14.5. The van der Waals surface area contributed by atoms with Crippen LogP contribution < -0.4 is 0 Å². The molecule has 21 heavy (non-hydrogen) atoms. The molecule has 0 saturated heterocycles. The summed E-state index contributed by atoms with van der Waals surface area (Å²) in [6.45, 7) is 0. The van der Waals surface area contributed by atoms with E-state index in [-0.39, 0.29) is 5.56 Å². The standard InChI is InChI=1S/C17H12N2O2/c20-17(21)15-6-2-1-4-12(15)7-9-14-10-8-13-5-3-11-18-16(13)19-14/h1-11H,(H,20,21). The highest BCUT2D eigenvalue weighted by Crippen LogP contribution is 2.14. The van der Waals surface area contributed by atoms with Gasteiger partial charge in [-0.15, -0.1) is 0 Å². The number of pyridine rings is 2. The number of rotatable bonds is 3. The molecule has 0 amide bonds. The Labute approximate surface area is 121 Å². The largest absolute Gasteiger partial charge is 0.478 e. The van der Waals surface area contributed by atoms with E-state index in [1.807, 2.05) is 30.3 Å². The second kappa shape index (κ2) is 5.54. The molecule has 0 bridgehead atoms. The van der Waals surface area contributed by atoms with Crippen LogP contribution in [-0.4, -0.2) is 21.0 Å². The summed E-state index contributed by atoms with van der Waals surface area (Å²) in [5, 5.41) is 10.1. The molecule has 0 radical (unpaired) electrons. The number of hydrogen-bond acceptors (Lipinski definition) is 3. The zero-order valence-electron chi connectivity index (χ0n) is 11.1. The molecule has 3 aromatic rings. The van der Waals surface area contributed by atoms with Crippen LogP contribution in [0.3, 0.4) is 0 Å². The molecule has 4 nitrogen and oxygen atoms in total. The first-order chi connectivity index (χ1) is 10.2. The summed E-state index contributed by atoms with van der Waals surface area (Å²) in [6.07, 6.45) is 5.24. The molecule has 2 aromatic heterocycles. The summed E-state index contributed by atoms with van der Waals surface area (Å²) in [5.74, 6) is -0.941. The van der Waals surface area contributed by atoms with Gasteiger partial charge in [0, 0.05) is 11.6 Å². The maximum Gasteiger partial charge on any atom is 0.336 e. The van der Waals surface area contributed by atoms with Crippen molar-refractivity contribution in [3.8, 4) is 0 Å². The quantitative estimate of drug-likeness (QED) is 0.795. The summed E-state index contributed by atoms with van der Waals surface area (Å²) >= 11 is 0. The first kappa shape index (κ1) is 13.0. The summed E-state index contributed by atoms with van der Waals surface area (Å²) in [7, 11) is 0. The number of aromatic carboxylic acids is 1. The highest BCUT2D eigenvalue weighted by molar-refractivity contribution is 5.93. The molecule has 0 unspecified atom stereocenters. The van der Waals surface area contributed by atoms with Crippen molar-refractivity contribution in [1.29, 1.82) is 0 Å². The number of carboxylic acids is 1. The van der Waals surface area contributed by atoms with Gasteiger partial charge in [-0.3, -0.25) is 0 Å². The third-order valence-corrected chi connectivity index (χ3v) is 3.11. The fourth-order valence-electron chi connectivity index (χ4n) is 2.07. The Kier molecular flexibility index (Phi) is 3.43. The predicted octanol–water partition coefficient (Wildman–Crippen LogP) is 3.50. The first-order valence-corrected chi connectivity index (χ1v) is 6.46. The zero-order valence-corrected chi connectivity index (χ0v) is 11.1. The Balaban J connectivity index is 1.96. The summed E-state index contributed by atoms with van der Waals surface area (Å²) < 4.78 is 0. The van der Waals surface area contributed by atoms with Crippen LogP contribution in [0, 0.1) is 0 Å². The third-order valence-electron chi connectivity index (χ3n) is 3.11. The molecule has 0 atom stereocenters. The average molecular weight is 276 g/mol. The van der Waals surface area contributed by atoms with Crippen molar-refractivity contribution in [3.05, 3.63) is 71.5 Å². The van der Waals surface area contributed by atoms with Crippen LogP contribution in [0.4, 0.5) is 0 Å². The van der Waals surface area contributed by atoms with Crippen molar-refractivity contribution in [2.45, 2.75) is 0 Å². The van der Waals surface area contributed by atoms with E-state index in [2.05, 4.69) is 9.97 Å². The molecule has 2 heterocycles. The lowest BCUT2D eigenvalue weighted by atomic mass is 10.1. The second-order valence-electron chi connectivity index (χ2n) is 4.51. The topological polar surface area (TPSA) is 63.1 Å². The van der Waals surface area contributed by atoms with Gasteiger partial charge in [0.05, 0.1) is 11.3 Å². The Morgan fingerprint density at radius 2 is 1.86 bits per heavy atom. The lowest BCUT2D eigenvalue weighted by Crippen LogP contribution is -1.98. The van der Waals surface area contributed by atoms with Crippen molar-refractivity contribution < 1.29 is 9.90 Å². The van der Waals surface area contributed by atoms with Crippen LogP contribution in [0.25, 0.3) is 23.2 Å².